The Kier molecular flexibility index (Phi) is 6.52. The van der Waals surface area contributed by atoms with Crippen LogP contribution in [0.15, 0.2) is 29.2 Å². The molecule has 2 heterocycles. The van der Waals surface area contributed by atoms with Crippen LogP contribution >= 0.6 is 0 Å². The molecule has 2 aliphatic heterocycles. The predicted octanol–water partition coefficient (Wildman–Crippen LogP) is 1.60. The van der Waals surface area contributed by atoms with Crippen LogP contribution in [-0.4, -0.2) is 79.5 Å². The Morgan fingerprint density at radius 2 is 1.64 bits per heavy atom. The van der Waals surface area contributed by atoms with Gasteiger partial charge in [0.15, 0.2) is 5.78 Å². The Morgan fingerprint density at radius 3 is 2.21 bits per heavy atom. The zero-order chi connectivity index (χ0) is 20.3. The summed E-state index contributed by atoms with van der Waals surface area (Å²) in [5.74, 6) is -0.0179. The second kappa shape index (κ2) is 8.71. The number of amides is 1. The monoisotopic (exact) mass is 407 g/mol. The van der Waals surface area contributed by atoms with Crippen molar-refractivity contribution in [2.75, 3.05) is 39.3 Å². The van der Waals surface area contributed by atoms with Gasteiger partial charge in [0, 0.05) is 37.8 Å². The summed E-state index contributed by atoms with van der Waals surface area (Å²) >= 11 is 0. The number of carbonyl (C=O) groups is 2. The third-order valence-electron chi connectivity index (χ3n) is 5.77. The third kappa shape index (κ3) is 4.61. The zero-order valence-electron chi connectivity index (χ0n) is 16.6. The predicted molar refractivity (Wildman–Crippen MR) is 107 cm³/mol. The fourth-order valence-corrected chi connectivity index (χ4v) is 5.28. The summed E-state index contributed by atoms with van der Waals surface area (Å²) in [4.78, 5) is 28.2. The summed E-state index contributed by atoms with van der Waals surface area (Å²) in [5.41, 5.74) is 0.487. The summed E-state index contributed by atoms with van der Waals surface area (Å²) in [6.07, 6.45) is 3.48. The Morgan fingerprint density at radius 1 is 1.00 bits per heavy atom. The lowest BCUT2D eigenvalue weighted by molar-refractivity contribution is -0.134. The summed E-state index contributed by atoms with van der Waals surface area (Å²) in [7, 11) is -3.62. The van der Waals surface area contributed by atoms with E-state index in [1.807, 2.05) is 0 Å². The van der Waals surface area contributed by atoms with Crippen molar-refractivity contribution in [3.8, 4) is 0 Å². The SMILES string of the molecule is CC(=O)c1ccc(S(=O)(=O)N2CCN(C(=O)CN3CCCC[C@@H]3C)CC2)cc1. The van der Waals surface area contributed by atoms with Crippen molar-refractivity contribution in [1.82, 2.24) is 14.1 Å². The number of likely N-dealkylation sites (tertiary alicyclic amines) is 1. The number of piperidine rings is 1. The number of carbonyl (C=O) groups excluding carboxylic acids is 2. The smallest absolute Gasteiger partial charge is 0.243 e. The van der Waals surface area contributed by atoms with Crippen LogP contribution in [0.1, 0.15) is 43.5 Å². The third-order valence-corrected chi connectivity index (χ3v) is 7.68. The van der Waals surface area contributed by atoms with Gasteiger partial charge in [0.2, 0.25) is 15.9 Å². The van der Waals surface area contributed by atoms with Crippen molar-refractivity contribution >= 4 is 21.7 Å². The highest BCUT2D eigenvalue weighted by atomic mass is 32.2. The zero-order valence-corrected chi connectivity index (χ0v) is 17.5. The van der Waals surface area contributed by atoms with Crippen molar-refractivity contribution in [3.05, 3.63) is 29.8 Å². The average Bonchev–Trinajstić information content (AvgIpc) is 2.70. The molecule has 7 nitrogen and oxygen atoms in total. The largest absolute Gasteiger partial charge is 0.339 e. The van der Waals surface area contributed by atoms with Crippen LogP contribution in [0.2, 0.25) is 0 Å². The van der Waals surface area contributed by atoms with Gasteiger partial charge < -0.3 is 4.90 Å². The standard InChI is InChI=1S/C20H29N3O4S/c1-16-5-3-4-10-22(16)15-20(25)21-11-13-23(14-12-21)28(26,27)19-8-6-18(7-9-19)17(2)24/h6-9,16H,3-5,10-15H2,1-2H3/t16-/m0/s1. The minimum atomic E-state index is -3.62. The van der Waals surface area contributed by atoms with E-state index in [0.29, 0.717) is 31.2 Å². The molecule has 1 aromatic rings. The quantitative estimate of drug-likeness (QED) is 0.693. The Balaban J connectivity index is 1.58. The first-order chi connectivity index (χ1) is 13.3. The van der Waals surface area contributed by atoms with E-state index in [4.69, 9.17) is 0 Å². The summed E-state index contributed by atoms with van der Waals surface area (Å²) < 4.78 is 27.1. The molecular formula is C20H29N3O4S. The first kappa shape index (κ1) is 21.0. The summed E-state index contributed by atoms with van der Waals surface area (Å²) in [6.45, 7) is 6.38. The fraction of sp³-hybridized carbons (Fsp3) is 0.600. The molecule has 2 fully saturated rings. The highest BCUT2D eigenvalue weighted by molar-refractivity contribution is 7.89. The van der Waals surface area contributed by atoms with Gasteiger partial charge in [-0.05, 0) is 45.4 Å². The van der Waals surface area contributed by atoms with Crippen LogP contribution in [-0.2, 0) is 14.8 Å². The van der Waals surface area contributed by atoms with E-state index in [1.54, 1.807) is 4.90 Å². The first-order valence-electron chi connectivity index (χ1n) is 9.92. The van der Waals surface area contributed by atoms with Gasteiger partial charge in [0.05, 0.1) is 11.4 Å². The molecule has 0 bridgehead atoms. The molecule has 1 amide bonds. The van der Waals surface area contributed by atoms with Crippen LogP contribution < -0.4 is 0 Å². The molecule has 3 rings (SSSR count). The molecule has 0 aromatic heterocycles. The van der Waals surface area contributed by atoms with Crippen LogP contribution in [0.25, 0.3) is 0 Å². The van der Waals surface area contributed by atoms with Gasteiger partial charge in [-0.2, -0.15) is 4.31 Å². The number of rotatable bonds is 5. The average molecular weight is 408 g/mol. The van der Waals surface area contributed by atoms with Crippen molar-refractivity contribution < 1.29 is 18.0 Å². The normalized spacial score (nSPS) is 22.2. The van der Waals surface area contributed by atoms with Crippen molar-refractivity contribution in [1.29, 1.82) is 0 Å². The molecule has 0 unspecified atom stereocenters. The second-order valence-corrected chi connectivity index (χ2v) is 9.62. The van der Waals surface area contributed by atoms with Gasteiger partial charge in [-0.15, -0.1) is 0 Å². The van der Waals surface area contributed by atoms with E-state index in [-0.39, 0.29) is 29.7 Å². The van der Waals surface area contributed by atoms with Crippen molar-refractivity contribution in [3.63, 3.8) is 0 Å². The lowest BCUT2D eigenvalue weighted by atomic mass is 10.0. The van der Waals surface area contributed by atoms with E-state index < -0.39 is 10.0 Å². The maximum absolute atomic E-state index is 12.8. The number of ketones is 1. The van der Waals surface area contributed by atoms with E-state index >= 15 is 0 Å². The highest BCUT2D eigenvalue weighted by Crippen LogP contribution is 2.20. The van der Waals surface area contributed by atoms with Crippen molar-refractivity contribution in [2.45, 2.75) is 44.0 Å². The van der Waals surface area contributed by atoms with Crippen LogP contribution in [0.3, 0.4) is 0 Å². The molecule has 2 saturated heterocycles. The number of hydrogen-bond donors (Lipinski definition) is 0. The summed E-state index contributed by atoms with van der Waals surface area (Å²) in [6, 6.07) is 6.45. The van der Waals surface area contributed by atoms with Crippen LogP contribution in [0.4, 0.5) is 0 Å². The minimum absolute atomic E-state index is 0.0802. The van der Waals surface area contributed by atoms with Gasteiger partial charge in [-0.25, -0.2) is 8.42 Å². The van der Waals surface area contributed by atoms with E-state index in [0.717, 1.165) is 19.4 Å². The molecule has 0 N–H and O–H groups in total. The molecule has 28 heavy (non-hydrogen) atoms. The summed E-state index contributed by atoms with van der Waals surface area (Å²) in [5, 5.41) is 0. The molecule has 2 aliphatic rings. The molecule has 0 saturated carbocycles. The van der Waals surface area contributed by atoms with Gasteiger partial charge in [0.1, 0.15) is 0 Å². The van der Waals surface area contributed by atoms with Crippen LogP contribution in [0.5, 0.6) is 0 Å². The molecule has 154 valence electrons. The number of hydrogen-bond acceptors (Lipinski definition) is 5. The lowest BCUT2D eigenvalue weighted by Crippen LogP contribution is -2.53. The van der Waals surface area contributed by atoms with Gasteiger partial charge in [0.25, 0.3) is 0 Å². The van der Waals surface area contributed by atoms with Gasteiger partial charge in [-0.3, -0.25) is 14.5 Å². The fourth-order valence-electron chi connectivity index (χ4n) is 3.85. The lowest BCUT2D eigenvalue weighted by Gasteiger charge is -2.37. The van der Waals surface area contributed by atoms with E-state index in [1.165, 1.54) is 41.9 Å². The van der Waals surface area contributed by atoms with Gasteiger partial charge in [-0.1, -0.05) is 18.6 Å². The molecule has 8 heteroatoms. The number of nitrogens with zero attached hydrogens (tertiary/aromatic N) is 3. The second-order valence-electron chi connectivity index (χ2n) is 7.68. The topological polar surface area (TPSA) is 78.0 Å². The number of benzene rings is 1. The number of Topliss-reactive ketones (excluding diaryl/α,β-unsaturated/α-hetero) is 1. The number of sulfonamides is 1. The maximum Gasteiger partial charge on any atom is 0.243 e. The minimum Gasteiger partial charge on any atom is -0.339 e. The van der Waals surface area contributed by atoms with Crippen molar-refractivity contribution in [2.24, 2.45) is 0 Å². The Hall–Kier alpha value is -1.77. The first-order valence-corrected chi connectivity index (χ1v) is 11.4. The van der Waals surface area contributed by atoms with E-state index in [9.17, 15) is 18.0 Å². The number of piperazine rings is 1. The Bertz CT molecular complexity index is 814. The maximum atomic E-state index is 12.8. The highest BCUT2D eigenvalue weighted by Gasteiger charge is 2.31. The molecular weight excluding hydrogens is 378 g/mol. The molecule has 0 radical (unpaired) electrons. The molecule has 0 aliphatic carbocycles. The van der Waals surface area contributed by atoms with E-state index in [2.05, 4.69) is 11.8 Å². The van der Waals surface area contributed by atoms with Crippen LogP contribution in [0, 0.1) is 0 Å². The molecule has 1 aromatic carbocycles. The molecule has 1 atom stereocenters. The Labute approximate surface area is 167 Å². The van der Waals surface area contributed by atoms with Gasteiger partial charge >= 0.3 is 0 Å². The molecule has 0 spiro atoms.